The summed E-state index contributed by atoms with van der Waals surface area (Å²) in [5, 5.41) is 5.41. The SMILES string of the molecule is COCCCNC(=O)C(NC(=O)OCc1ccccc1)C(C)C. The van der Waals surface area contributed by atoms with Crippen LogP contribution < -0.4 is 10.6 Å². The van der Waals surface area contributed by atoms with Gasteiger partial charge in [-0.15, -0.1) is 0 Å². The van der Waals surface area contributed by atoms with Gasteiger partial charge in [-0.2, -0.15) is 0 Å². The van der Waals surface area contributed by atoms with Crippen molar-refractivity contribution in [3.63, 3.8) is 0 Å². The van der Waals surface area contributed by atoms with Gasteiger partial charge in [0.2, 0.25) is 5.91 Å². The van der Waals surface area contributed by atoms with Crippen molar-refractivity contribution >= 4 is 12.0 Å². The number of nitrogens with one attached hydrogen (secondary N) is 2. The number of methoxy groups -OCH3 is 1. The van der Waals surface area contributed by atoms with Crippen LogP contribution in [0.4, 0.5) is 4.79 Å². The highest BCUT2D eigenvalue weighted by Crippen LogP contribution is 2.04. The molecule has 0 bridgehead atoms. The Hall–Kier alpha value is -2.08. The van der Waals surface area contributed by atoms with Crippen LogP contribution in [-0.4, -0.2) is 38.3 Å². The van der Waals surface area contributed by atoms with Crippen LogP contribution >= 0.6 is 0 Å². The first-order chi connectivity index (χ1) is 11.0. The molecule has 6 heteroatoms. The van der Waals surface area contributed by atoms with Gasteiger partial charge in [-0.05, 0) is 17.9 Å². The molecule has 0 aromatic heterocycles. The molecule has 1 rings (SSSR count). The molecule has 1 aromatic carbocycles. The van der Waals surface area contributed by atoms with Crippen molar-refractivity contribution in [2.75, 3.05) is 20.3 Å². The summed E-state index contributed by atoms with van der Waals surface area (Å²) < 4.78 is 10.1. The number of amides is 2. The van der Waals surface area contributed by atoms with Crippen molar-refractivity contribution in [2.45, 2.75) is 32.9 Å². The molecule has 23 heavy (non-hydrogen) atoms. The van der Waals surface area contributed by atoms with E-state index in [1.165, 1.54) is 0 Å². The summed E-state index contributed by atoms with van der Waals surface area (Å²) >= 11 is 0. The second-order valence-electron chi connectivity index (χ2n) is 5.57. The van der Waals surface area contributed by atoms with E-state index >= 15 is 0 Å². The third kappa shape index (κ3) is 7.65. The van der Waals surface area contributed by atoms with Crippen molar-refractivity contribution in [3.05, 3.63) is 35.9 Å². The fourth-order valence-corrected chi connectivity index (χ4v) is 1.96. The lowest BCUT2D eigenvalue weighted by atomic mass is 10.0. The number of ether oxygens (including phenoxy) is 2. The molecule has 0 saturated carbocycles. The van der Waals surface area contributed by atoms with Crippen molar-refractivity contribution in [2.24, 2.45) is 5.92 Å². The van der Waals surface area contributed by atoms with Crippen molar-refractivity contribution in [3.8, 4) is 0 Å². The molecule has 0 radical (unpaired) electrons. The number of hydrogen-bond acceptors (Lipinski definition) is 4. The number of alkyl carbamates (subject to hydrolysis) is 1. The Labute approximate surface area is 137 Å². The van der Waals surface area contributed by atoms with Crippen LogP contribution in [0.5, 0.6) is 0 Å². The molecular weight excluding hydrogens is 296 g/mol. The van der Waals surface area contributed by atoms with E-state index in [-0.39, 0.29) is 18.4 Å². The van der Waals surface area contributed by atoms with Gasteiger partial charge in [0.1, 0.15) is 12.6 Å². The molecular formula is C17H26N2O4. The molecule has 0 heterocycles. The number of hydrogen-bond donors (Lipinski definition) is 2. The quantitative estimate of drug-likeness (QED) is 0.683. The average Bonchev–Trinajstić information content (AvgIpc) is 2.55. The molecule has 0 aliphatic rings. The summed E-state index contributed by atoms with van der Waals surface area (Å²) in [6.07, 6.45) is 0.130. The average molecular weight is 322 g/mol. The lowest BCUT2D eigenvalue weighted by Gasteiger charge is -2.21. The first kappa shape index (κ1) is 19.0. The highest BCUT2D eigenvalue weighted by Gasteiger charge is 2.24. The maximum absolute atomic E-state index is 12.1. The Morgan fingerprint density at radius 2 is 1.87 bits per heavy atom. The monoisotopic (exact) mass is 322 g/mol. The summed E-state index contributed by atoms with van der Waals surface area (Å²) in [7, 11) is 1.61. The van der Waals surface area contributed by atoms with Gasteiger partial charge in [-0.3, -0.25) is 4.79 Å². The second kappa shape index (κ2) is 10.6. The zero-order chi connectivity index (χ0) is 17.1. The number of rotatable bonds is 9. The van der Waals surface area contributed by atoms with Gasteiger partial charge in [-0.1, -0.05) is 44.2 Å². The Morgan fingerprint density at radius 3 is 2.48 bits per heavy atom. The van der Waals surface area contributed by atoms with Gasteiger partial charge in [0.25, 0.3) is 0 Å². The first-order valence-corrected chi connectivity index (χ1v) is 7.78. The van der Waals surface area contributed by atoms with E-state index in [4.69, 9.17) is 9.47 Å². The van der Waals surface area contributed by atoms with E-state index in [1.54, 1.807) is 7.11 Å². The minimum Gasteiger partial charge on any atom is -0.445 e. The lowest BCUT2D eigenvalue weighted by Crippen LogP contribution is -2.50. The molecule has 128 valence electrons. The van der Waals surface area contributed by atoms with Crippen LogP contribution in [0.3, 0.4) is 0 Å². The molecule has 6 nitrogen and oxygen atoms in total. The third-order valence-corrected chi connectivity index (χ3v) is 3.26. The Kier molecular flexibility index (Phi) is 8.75. The minimum atomic E-state index is -0.624. The van der Waals surface area contributed by atoms with Crippen LogP contribution in [0.15, 0.2) is 30.3 Å². The Bertz CT molecular complexity index is 477. The van der Waals surface area contributed by atoms with E-state index in [1.807, 2.05) is 44.2 Å². The van der Waals surface area contributed by atoms with Gasteiger partial charge in [0.15, 0.2) is 0 Å². The lowest BCUT2D eigenvalue weighted by molar-refractivity contribution is -0.124. The van der Waals surface area contributed by atoms with Gasteiger partial charge in [0.05, 0.1) is 0 Å². The van der Waals surface area contributed by atoms with Crippen LogP contribution in [0.1, 0.15) is 25.8 Å². The molecule has 0 aliphatic heterocycles. The molecule has 0 saturated heterocycles. The van der Waals surface area contributed by atoms with Crippen molar-refractivity contribution in [1.29, 1.82) is 0 Å². The number of carbonyl (C=O) groups is 2. The zero-order valence-corrected chi connectivity index (χ0v) is 14.0. The van der Waals surface area contributed by atoms with E-state index in [0.717, 1.165) is 12.0 Å². The van der Waals surface area contributed by atoms with Gasteiger partial charge in [0, 0.05) is 20.3 Å². The molecule has 2 amide bonds. The fourth-order valence-electron chi connectivity index (χ4n) is 1.96. The standard InChI is InChI=1S/C17H26N2O4/c1-13(2)15(16(20)18-10-7-11-22-3)19-17(21)23-12-14-8-5-4-6-9-14/h4-6,8-9,13,15H,7,10-12H2,1-3H3,(H,18,20)(H,19,21). The van der Waals surface area contributed by atoms with Crippen LogP contribution in [0.25, 0.3) is 0 Å². The minimum absolute atomic E-state index is 0.0401. The molecule has 1 aromatic rings. The van der Waals surface area contributed by atoms with Crippen LogP contribution in [0, 0.1) is 5.92 Å². The van der Waals surface area contributed by atoms with Gasteiger partial charge >= 0.3 is 6.09 Å². The third-order valence-electron chi connectivity index (χ3n) is 3.26. The predicted molar refractivity (Wildman–Crippen MR) is 87.9 cm³/mol. The van der Waals surface area contributed by atoms with Crippen LogP contribution in [-0.2, 0) is 20.9 Å². The van der Waals surface area contributed by atoms with E-state index in [9.17, 15) is 9.59 Å². The summed E-state index contributed by atoms with van der Waals surface area (Å²) in [4.78, 5) is 24.0. The maximum atomic E-state index is 12.1. The van der Waals surface area contributed by atoms with E-state index in [2.05, 4.69) is 10.6 Å². The highest BCUT2D eigenvalue weighted by molar-refractivity contribution is 5.85. The number of benzene rings is 1. The summed E-state index contributed by atoms with van der Waals surface area (Å²) in [6.45, 7) is 5.01. The van der Waals surface area contributed by atoms with E-state index in [0.29, 0.717) is 13.2 Å². The number of carbonyl (C=O) groups excluding carboxylic acids is 2. The van der Waals surface area contributed by atoms with Gasteiger partial charge < -0.3 is 20.1 Å². The summed E-state index contributed by atoms with van der Waals surface area (Å²) in [5.41, 5.74) is 0.896. The maximum Gasteiger partial charge on any atom is 0.408 e. The largest absolute Gasteiger partial charge is 0.445 e. The molecule has 0 fully saturated rings. The molecule has 1 atom stereocenters. The molecule has 1 unspecified atom stereocenters. The van der Waals surface area contributed by atoms with Crippen molar-refractivity contribution < 1.29 is 19.1 Å². The van der Waals surface area contributed by atoms with Crippen LogP contribution in [0.2, 0.25) is 0 Å². The summed E-state index contributed by atoms with van der Waals surface area (Å²) in [5.74, 6) is -0.255. The molecule has 0 spiro atoms. The highest BCUT2D eigenvalue weighted by atomic mass is 16.5. The fraction of sp³-hybridized carbons (Fsp3) is 0.529. The van der Waals surface area contributed by atoms with E-state index < -0.39 is 12.1 Å². The Balaban J connectivity index is 2.41. The topological polar surface area (TPSA) is 76.7 Å². The first-order valence-electron chi connectivity index (χ1n) is 7.78. The predicted octanol–water partition coefficient (Wildman–Crippen LogP) is 2.09. The normalized spacial score (nSPS) is 11.8. The molecule has 2 N–H and O–H groups in total. The smallest absolute Gasteiger partial charge is 0.408 e. The van der Waals surface area contributed by atoms with Crippen molar-refractivity contribution in [1.82, 2.24) is 10.6 Å². The second-order valence-corrected chi connectivity index (χ2v) is 5.57. The molecule has 0 aliphatic carbocycles. The zero-order valence-electron chi connectivity index (χ0n) is 14.0. The Morgan fingerprint density at radius 1 is 1.17 bits per heavy atom. The summed E-state index contributed by atoms with van der Waals surface area (Å²) in [6, 6.07) is 8.76. The van der Waals surface area contributed by atoms with Gasteiger partial charge in [-0.25, -0.2) is 4.79 Å².